The van der Waals surface area contributed by atoms with Gasteiger partial charge in [-0.2, -0.15) is 0 Å². The summed E-state index contributed by atoms with van der Waals surface area (Å²) in [5, 5.41) is 5.29. The van der Waals surface area contributed by atoms with Crippen LogP contribution in [0.3, 0.4) is 0 Å². The Labute approximate surface area is 172 Å². The lowest BCUT2D eigenvalue weighted by Gasteiger charge is -2.25. The lowest BCUT2D eigenvalue weighted by molar-refractivity contribution is -0.139. The molecule has 29 heavy (non-hydrogen) atoms. The molecule has 7 nitrogen and oxygen atoms in total. The van der Waals surface area contributed by atoms with Gasteiger partial charge in [0.1, 0.15) is 12.1 Å². The predicted octanol–water partition coefficient (Wildman–Crippen LogP) is 3.14. The van der Waals surface area contributed by atoms with Gasteiger partial charge in [0.2, 0.25) is 5.78 Å². The first kappa shape index (κ1) is 22.9. The van der Waals surface area contributed by atoms with E-state index in [-0.39, 0.29) is 11.5 Å². The molecule has 1 aromatic rings. The van der Waals surface area contributed by atoms with E-state index in [0.29, 0.717) is 26.1 Å². The summed E-state index contributed by atoms with van der Waals surface area (Å²) < 4.78 is 10.8. The molecule has 0 bridgehead atoms. The average molecular weight is 405 g/mol. The van der Waals surface area contributed by atoms with Crippen molar-refractivity contribution in [2.24, 2.45) is 5.41 Å². The van der Waals surface area contributed by atoms with Gasteiger partial charge in [-0.05, 0) is 18.9 Å². The van der Waals surface area contributed by atoms with Crippen LogP contribution in [0.25, 0.3) is 0 Å². The van der Waals surface area contributed by atoms with Crippen LogP contribution in [0.4, 0.5) is 4.79 Å². The molecule has 0 saturated carbocycles. The number of ether oxygens (including phenoxy) is 2. The summed E-state index contributed by atoms with van der Waals surface area (Å²) in [6, 6.07) is 8.15. The van der Waals surface area contributed by atoms with Crippen molar-refractivity contribution in [2.45, 2.75) is 65.1 Å². The Hall–Kier alpha value is -2.41. The highest BCUT2D eigenvalue weighted by Gasteiger charge is 2.39. The van der Waals surface area contributed by atoms with Crippen molar-refractivity contribution in [3.63, 3.8) is 0 Å². The molecular weight excluding hydrogens is 372 g/mol. The minimum absolute atomic E-state index is 0.289. The normalized spacial score (nSPS) is 19.8. The van der Waals surface area contributed by atoms with E-state index in [1.807, 2.05) is 58.0 Å². The molecule has 1 aliphatic heterocycles. The topological polar surface area (TPSA) is 93.7 Å². The molecule has 1 heterocycles. The molecule has 160 valence electrons. The standard InChI is InChI=1S/C22H32N2O5/c1-5-6-12-17(24-21(27)29-18-13-28-14-22(18,3)4)19(25)20(26)23-15(2)16-10-8-7-9-11-16/h7-11,15,17-18H,5-6,12-14H2,1-4H3,(H,23,26)(H,24,27)/t15-,17?,18-/m1/s1. The van der Waals surface area contributed by atoms with Crippen molar-refractivity contribution in [2.75, 3.05) is 13.2 Å². The van der Waals surface area contributed by atoms with Crippen LogP contribution in [0.2, 0.25) is 0 Å². The lowest BCUT2D eigenvalue weighted by atomic mass is 9.90. The monoisotopic (exact) mass is 404 g/mol. The second-order valence-corrected chi connectivity index (χ2v) is 8.21. The van der Waals surface area contributed by atoms with Gasteiger partial charge in [-0.1, -0.05) is 63.9 Å². The maximum atomic E-state index is 12.7. The summed E-state index contributed by atoms with van der Waals surface area (Å²) in [7, 11) is 0. The quantitative estimate of drug-likeness (QED) is 0.617. The van der Waals surface area contributed by atoms with E-state index < -0.39 is 29.9 Å². The summed E-state index contributed by atoms with van der Waals surface area (Å²) in [6.07, 6.45) is 0.827. The van der Waals surface area contributed by atoms with Crippen LogP contribution in [0, 0.1) is 5.41 Å². The Kier molecular flexibility index (Phi) is 8.20. The fourth-order valence-corrected chi connectivity index (χ4v) is 3.17. The largest absolute Gasteiger partial charge is 0.443 e. The highest BCUT2D eigenvalue weighted by Crippen LogP contribution is 2.29. The molecule has 2 N–H and O–H groups in total. The van der Waals surface area contributed by atoms with Crippen LogP contribution in [0.1, 0.15) is 58.6 Å². The summed E-state index contributed by atoms with van der Waals surface area (Å²) in [5.41, 5.74) is 0.609. The first-order chi connectivity index (χ1) is 13.7. The van der Waals surface area contributed by atoms with E-state index >= 15 is 0 Å². The molecule has 0 radical (unpaired) electrons. The molecule has 1 fully saturated rings. The SMILES string of the molecule is CCCCC(NC(=O)O[C@@H]1COCC1(C)C)C(=O)C(=O)N[C@H](C)c1ccccc1. The molecule has 1 saturated heterocycles. The number of carbonyl (C=O) groups is 3. The molecule has 1 aromatic carbocycles. The highest BCUT2D eigenvalue weighted by molar-refractivity contribution is 6.38. The van der Waals surface area contributed by atoms with Gasteiger partial charge in [-0.3, -0.25) is 9.59 Å². The van der Waals surface area contributed by atoms with E-state index in [2.05, 4.69) is 10.6 Å². The molecule has 2 rings (SSSR count). The number of nitrogens with one attached hydrogen (secondary N) is 2. The van der Waals surface area contributed by atoms with E-state index in [1.165, 1.54) is 0 Å². The number of alkyl carbamates (subject to hydrolysis) is 1. The summed E-state index contributed by atoms with van der Waals surface area (Å²) in [4.78, 5) is 37.6. The van der Waals surface area contributed by atoms with Crippen molar-refractivity contribution in [3.8, 4) is 0 Å². The van der Waals surface area contributed by atoms with Gasteiger partial charge in [-0.15, -0.1) is 0 Å². The molecule has 1 unspecified atom stereocenters. The van der Waals surface area contributed by atoms with Gasteiger partial charge in [0, 0.05) is 5.41 Å². The van der Waals surface area contributed by atoms with Crippen molar-refractivity contribution in [1.29, 1.82) is 0 Å². The Balaban J connectivity index is 1.97. The van der Waals surface area contributed by atoms with Gasteiger partial charge in [0.15, 0.2) is 0 Å². The van der Waals surface area contributed by atoms with Gasteiger partial charge in [0.25, 0.3) is 5.91 Å². The second-order valence-electron chi connectivity index (χ2n) is 8.21. The minimum Gasteiger partial charge on any atom is -0.443 e. The smallest absolute Gasteiger partial charge is 0.408 e. The molecule has 2 amide bonds. The van der Waals surface area contributed by atoms with Crippen LogP contribution in [-0.4, -0.2) is 43.1 Å². The van der Waals surface area contributed by atoms with Gasteiger partial charge < -0.3 is 20.1 Å². The maximum Gasteiger partial charge on any atom is 0.408 e. The van der Waals surface area contributed by atoms with Crippen LogP contribution in [0.15, 0.2) is 30.3 Å². The van der Waals surface area contributed by atoms with Crippen molar-refractivity contribution >= 4 is 17.8 Å². The van der Waals surface area contributed by atoms with Crippen molar-refractivity contribution in [3.05, 3.63) is 35.9 Å². The molecule has 1 aliphatic rings. The Morgan fingerprint density at radius 3 is 2.48 bits per heavy atom. The maximum absolute atomic E-state index is 12.7. The van der Waals surface area contributed by atoms with Crippen LogP contribution in [0.5, 0.6) is 0 Å². The zero-order chi connectivity index (χ0) is 21.4. The summed E-state index contributed by atoms with van der Waals surface area (Å²) in [5.74, 6) is -1.38. The number of carbonyl (C=O) groups excluding carboxylic acids is 3. The van der Waals surface area contributed by atoms with E-state index in [9.17, 15) is 14.4 Å². The Morgan fingerprint density at radius 1 is 1.21 bits per heavy atom. The predicted molar refractivity (Wildman–Crippen MR) is 109 cm³/mol. The Morgan fingerprint density at radius 2 is 1.90 bits per heavy atom. The zero-order valence-corrected chi connectivity index (χ0v) is 17.7. The van der Waals surface area contributed by atoms with Crippen molar-refractivity contribution in [1.82, 2.24) is 10.6 Å². The first-order valence-corrected chi connectivity index (χ1v) is 10.2. The van der Waals surface area contributed by atoms with Crippen LogP contribution < -0.4 is 10.6 Å². The summed E-state index contributed by atoms with van der Waals surface area (Å²) >= 11 is 0. The number of benzene rings is 1. The number of hydrogen-bond donors (Lipinski definition) is 2. The Bertz CT molecular complexity index is 704. The molecular formula is C22H32N2O5. The third kappa shape index (κ3) is 6.56. The number of amides is 2. The third-order valence-corrected chi connectivity index (χ3v) is 5.19. The number of rotatable bonds is 9. The summed E-state index contributed by atoms with van der Waals surface area (Å²) in [6.45, 7) is 8.53. The van der Waals surface area contributed by atoms with Gasteiger partial charge in [0.05, 0.1) is 19.3 Å². The third-order valence-electron chi connectivity index (χ3n) is 5.19. The molecule has 0 aliphatic carbocycles. The van der Waals surface area contributed by atoms with Crippen LogP contribution in [-0.2, 0) is 19.1 Å². The van der Waals surface area contributed by atoms with E-state index in [1.54, 1.807) is 0 Å². The molecule has 0 aromatic heterocycles. The fourth-order valence-electron chi connectivity index (χ4n) is 3.17. The lowest BCUT2D eigenvalue weighted by Crippen LogP contribution is -2.49. The van der Waals surface area contributed by atoms with E-state index in [4.69, 9.17) is 9.47 Å². The van der Waals surface area contributed by atoms with Crippen molar-refractivity contribution < 1.29 is 23.9 Å². The van der Waals surface area contributed by atoms with Gasteiger partial charge >= 0.3 is 6.09 Å². The minimum atomic E-state index is -0.921. The molecule has 7 heteroatoms. The number of Topliss-reactive ketones (excluding diaryl/α,β-unsaturated/α-hetero) is 1. The van der Waals surface area contributed by atoms with E-state index in [0.717, 1.165) is 12.0 Å². The molecule has 3 atom stereocenters. The zero-order valence-electron chi connectivity index (χ0n) is 17.7. The number of unbranched alkanes of at least 4 members (excludes halogenated alkanes) is 1. The number of hydrogen-bond acceptors (Lipinski definition) is 5. The first-order valence-electron chi connectivity index (χ1n) is 10.2. The average Bonchev–Trinajstić information content (AvgIpc) is 3.02. The van der Waals surface area contributed by atoms with Gasteiger partial charge in [-0.25, -0.2) is 4.79 Å². The number of ketones is 1. The highest BCUT2D eigenvalue weighted by atomic mass is 16.6. The second kappa shape index (κ2) is 10.4. The molecule has 0 spiro atoms. The van der Waals surface area contributed by atoms with Crippen LogP contribution >= 0.6 is 0 Å². The fraction of sp³-hybridized carbons (Fsp3) is 0.591.